The molecule has 1 amide bonds. The minimum absolute atomic E-state index is 0.134. The van der Waals surface area contributed by atoms with Gasteiger partial charge in [-0.25, -0.2) is 4.98 Å². The molecule has 0 radical (unpaired) electrons. The molecule has 1 aliphatic carbocycles. The van der Waals surface area contributed by atoms with Crippen molar-refractivity contribution in [1.29, 1.82) is 0 Å². The molecule has 2 heterocycles. The minimum atomic E-state index is 0.134. The Hall–Kier alpha value is -1.42. The van der Waals surface area contributed by atoms with Crippen molar-refractivity contribution in [1.82, 2.24) is 9.88 Å². The number of hydrogen-bond donors (Lipinski definition) is 0. The van der Waals surface area contributed by atoms with Crippen LogP contribution >= 0.6 is 0 Å². The standard InChI is InChI=1S/C16H23N3O/c1-18(15-6-2-3-9-17-15)16(20)14-5-4-10-19(12-14)11-13-7-8-13/h2-3,6,9,13-14H,4-5,7-8,10-12H2,1H3. The van der Waals surface area contributed by atoms with Crippen LogP contribution in [0.1, 0.15) is 25.7 Å². The maximum absolute atomic E-state index is 12.6. The number of pyridine rings is 1. The first-order valence-corrected chi connectivity index (χ1v) is 7.65. The number of anilines is 1. The van der Waals surface area contributed by atoms with Crippen LogP contribution in [0.4, 0.5) is 5.82 Å². The molecule has 0 aromatic carbocycles. The van der Waals surface area contributed by atoms with Crippen LogP contribution in [0.5, 0.6) is 0 Å². The van der Waals surface area contributed by atoms with Gasteiger partial charge >= 0.3 is 0 Å². The van der Waals surface area contributed by atoms with Crippen LogP contribution in [0, 0.1) is 11.8 Å². The second kappa shape index (κ2) is 5.92. The van der Waals surface area contributed by atoms with Crippen molar-refractivity contribution in [3.63, 3.8) is 0 Å². The van der Waals surface area contributed by atoms with Gasteiger partial charge in [0.2, 0.25) is 5.91 Å². The summed E-state index contributed by atoms with van der Waals surface area (Å²) in [6.45, 7) is 3.27. The summed E-state index contributed by atoms with van der Waals surface area (Å²) >= 11 is 0. The number of carbonyl (C=O) groups is 1. The van der Waals surface area contributed by atoms with Gasteiger partial charge in [-0.15, -0.1) is 0 Å². The summed E-state index contributed by atoms with van der Waals surface area (Å²) in [4.78, 5) is 21.1. The van der Waals surface area contributed by atoms with Gasteiger partial charge in [-0.3, -0.25) is 9.69 Å². The van der Waals surface area contributed by atoms with Crippen molar-refractivity contribution in [2.24, 2.45) is 11.8 Å². The lowest BCUT2D eigenvalue weighted by Crippen LogP contribution is -2.44. The second-order valence-electron chi connectivity index (χ2n) is 6.13. The molecule has 1 aromatic rings. The molecule has 2 aliphatic rings. The van der Waals surface area contributed by atoms with Crippen molar-refractivity contribution in [2.45, 2.75) is 25.7 Å². The lowest BCUT2D eigenvalue weighted by Gasteiger charge is -2.33. The Labute approximate surface area is 120 Å². The van der Waals surface area contributed by atoms with E-state index in [1.807, 2.05) is 25.2 Å². The van der Waals surface area contributed by atoms with Crippen molar-refractivity contribution < 1.29 is 4.79 Å². The van der Waals surface area contributed by atoms with Crippen LogP contribution in [-0.2, 0) is 4.79 Å². The number of nitrogens with zero attached hydrogens (tertiary/aromatic N) is 3. The fraction of sp³-hybridized carbons (Fsp3) is 0.625. The number of aromatic nitrogens is 1. The van der Waals surface area contributed by atoms with E-state index in [-0.39, 0.29) is 11.8 Å². The van der Waals surface area contributed by atoms with Crippen LogP contribution in [0.3, 0.4) is 0 Å². The van der Waals surface area contributed by atoms with E-state index in [2.05, 4.69) is 9.88 Å². The monoisotopic (exact) mass is 273 g/mol. The summed E-state index contributed by atoms with van der Waals surface area (Å²) < 4.78 is 0. The lowest BCUT2D eigenvalue weighted by atomic mass is 9.96. The highest BCUT2D eigenvalue weighted by atomic mass is 16.2. The summed E-state index contributed by atoms with van der Waals surface area (Å²) in [7, 11) is 1.84. The van der Waals surface area contributed by atoms with Gasteiger partial charge in [0.1, 0.15) is 5.82 Å². The highest BCUT2D eigenvalue weighted by Crippen LogP contribution is 2.31. The predicted molar refractivity (Wildman–Crippen MR) is 79.5 cm³/mol. The Kier molecular flexibility index (Phi) is 4.01. The van der Waals surface area contributed by atoms with E-state index in [9.17, 15) is 4.79 Å². The normalized spacial score (nSPS) is 23.6. The highest BCUT2D eigenvalue weighted by Gasteiger charge is 2.31. The maximum atomic E-state index is 12.6. The Morgan fingerprint density at radius 3 is 2.95 bits per heavy atom. The molecule has 20 heavy (non-hydrogen) atoms. The fourth-order valence-electron chi connectivity index (χ4n) is 3.03. The molecule has 4 heteroatoms. The van der Waals surface area contributed by atoms with Gasteiger partial charge in [0, 0.05) is 26.3 Å². The average molecular weight is 273 g/mol. The molecule has 1 saturated heterocycles. The molecule has 1 aromatic heterocycles. The van der Waals surface area contributed by atoms with Gasteiger partial charge in [0.05, 0.1) is 5.92 Å². The molecule has 0 spiro atoms. The number of piperidine rings is 1. The summed E-state index contributed by atoms with van der Waals surface area (Å²) in [6.07, 6.45) is 6.64. The van der Waals surface area contributed by atoms with Crippen molar-refractivity contribution in [3.05, 3.63) is 24.4 Å². The largest absolute Gasteiger partial charge is 0.302 e. The van der Waals surface area contributed by atoms with E-state index in [0.29, 0.717) is 0 Å². The summed E-state index contributed by atoms with van der Waals surface area (Å²) in [6, 6.07) is 5.69. The van der Waals surface area contributed by atoms with E-state index in [4.69, 9.17) is 0 Å². The van der Waals surface area contributed by atoms with E-state index >= 15 is 0 Å². The molecule has 2 fully saturated rings. The van der Waals surface area contributed by atoms with Gasteiger partial charge < -0.3 is 4.90 Å². The first-order chi connectivity index (χ1) is 9.74. The zero-order valence-corrected chi connectivity index (χ0v) is 12.2. The smallest absolute Gasteiger partial charge is 0.232 e. The molecule has 108 valence electrons. The van der Waals surface area contributed by atoms with Gasteiger partial charge in [0.25, 0.3) is 0 Å². The van der Waals surface area contributed by atoms with E-state index < -0.39 is 0 Å². The Morgan fingerprint density at radius 1 is 1.40 bits per heavy atom. The summed E-state index contributed by atoms with van der Waals surface area (Å²) in [5.74, 6) is 1.99. The molecule has 0 N–H and O–H groups in total. The molecule has 4 nitrogen and oxygen atoms in total. The SMILES string of the molecule is CN(C(=O)C1CCCN(CC2CC2)C1)c1ccccn1. The van der Waals surface area contributed by atoms with E-state index in [0.717, 1.165) is 37.7 Å². The number of rotatable bonds is 4. The third kappa shape index (κ3) is 3.18. The Balaban J connectivity index is 1.60. The molecule has 0 bridgehead atoms. The topological polar surface area (TPSA) is 36.4 Å². The quantitative estimate of drug-likeness (QED) is 0.843. The first-order valence-electron chi connectivity index (χ1n) is 7.65. The first kappa shape index (κ1) is 13.6. The Morgan fingerprint density at radius 2 is 2.25 bits per heavy atom. The van der Waals surface area contributed by atoms with E-state index in [1.54, 1.807) is 11.1 Å². The second-order valence-corrected chi connectivity index (χ2v) is 6.13. The van der Waals surface area contributed by atoms with Crippen LogP contribution in [0.25, 0.3) is 0 Å². The molecule has 1 atom stereocenters. The van der Waals surface area contributed by atoms with Gasteiger partial charge in [-0.1, -0.05) is 6.07 Å². The molecular formula is C16H23N3O. The third-order valence-corrected chi connectivity index (χ3v) is 4.39. The zero-order chi connectivity index (χ0) is 13.9. The van der Waals surface area contributed by atoms with Gasteiger partial charge in [-0.05, 0) is 50.3 Å². The van der Waals surface area contributed by atoms with Crippen LogP contribution in [0.2, 0.25) is 0 Å². The van der Waals surface area contributed by atoms with Crippen LogP contribution in [0.15, 0.2) is 24.4 Å². The molecule has 1 aliphatic heterocycles. The summed E-state index contributed by atoms with van der Waals surface area (Å²) in [5.41, 5.74) is 0. The Bertz CT molecular complexity index is 458. The van der Waals surface area contributed by atoms with E-state index in [1.165, 1.54) is 19.4 Å². The lowest BCUT2D eigenvalue weighted by molar-refractivity contribution is -0.123. The maximum Gasteiger partial charge on any atom is 0.232 e. The van der Waals surface area contributed by atoms with Crippen LogP contribution < -0.4 is 4.90 Å². The molecule has 1 saturated carbocycles. The molecule has 1 unspecified atom stereocenters. The van der Waals surface area contributed by atoms with Crippen molar-refractivity contribution in [3.8, 4) is 0 Å². The number of carbonyl (C=O) groups excluding carboxylic acids is 1. The highest BCUT2D eigenvalue weighted by molar-refractivity contribution is 5.93. The summed E-state index contributed by atoms with van der Waals surface area (Å²) in [5, 5.41) is 0. The molecule has 3 rings (SSSR count). The minimum Gasteiger partial charge on any atom is -0.302 e. The van der Waals surface area contributed by atoms with Gasteiger partial charge in [-0.2, -0.15) is 0 Å². The predicted octanol–water partition coefficient (Wildman–Crippen LogP) is 2.17. The fourth-order valence-corrected chi connectivity index (χ4v) is 3.03. The number of likely N-dealkylation sites (tertiary alicyclic amines) is 1. The van der Waals surface area contributed by atoms with Crippen molar-refractivity contribution in [2.75, 3.05) is 31.6 Å². The van der Waals surface area contributed by atoms with Crippen molar-refractivity contribution >= 4 is 11.7 Å². The van der Waals surface area contributed by atoms with Gasteiger partial charge in [0.15, 0.2) is 0 Å². The zero-order valence-electron chi connectivity index (χ0n) is 12.2. The third-order valence-electron chi connectivity index (χ3n) is 4.39. The number of amides is 1. The van der Waals surface area contributed by atoms with Crippen LogP contribution in [-0.4, -0.2) is 42.5 Å². The molecular weight excluding hydrogens is 250 g/mol. The number of hydrogen-bond acceptors (Lipinski definition) is 3. The average Bonchev–Trinajstić information content (AvgIpc) is 3.31.